The topological polar surface area (TPSA) is 0 Å². The number of hydrogen-bond acceptors (Lipinski definition) is 0. The fraction of sp³-hybridized carbons (Fsp3) is 0.165. The summed E-state index contributed by atoms with van der Waals surface area (Å²) in [4.78, 5) is 0. The van der Waals surface area contributed by atoms with Gasteiger partial charge in [0, 0.05) is 85.0 Å². The maximum absolute atomic E-state index is 7.14. The second-order valence-electron chi connectivity index (χ2n) is 32.6. The summed E-state index contributed by atoms with van der Waals surface area (Å²) < 4.78 is 0. The van der Waals surface area contributed by atoms with Gasteiger partial charge in [0.25, 0.3) is 0 Å². The Labute approximate surface area is 861 Å². The van der Waals surface area contributed by atoms with E-state index in [1.807, 2.05) is 48.5 Å². The third kappa shape index (κ3) is 30.2. The smallest absolute Gasteiger partial charge is 0.366 e. The van der Waals surface area contributed by atoms with E-state index >= 15 is 0 Å². The van der Waals surface area contributed by atoms with Crippen molar-refractivity contribution in [2.24, 2.45) is 0 Å². The molecule has 6 aliphatic rings. The van der Waals surface area contributed by atoms with Crippen LogP contribution in [0.3, 0.4) is 0 Å². The van der Waals surface area contributed by atoms with Crippen LogP contribution in [0.4, 0.5) is 0 Å². The number of rotatable bonds is 8. The summed E-state index contributed by atoms with van der Waals surface area (Å²) in [5.74, 6) is 19.1. The summed E-state index contributed by atoms with van der Waals surface area (Å²) in [5.41, 5.74) is 37.2. The Kier molecular flexibility index (Phi) is 47.4. The normalized spacial score (nSPS) is 11.4. The third-order valence-electron chi connectivity index (χ3n) is 22.1. The zero-order chi connectivity index (χ0) is 85.3. The van der Waals surface area contributed by atoms with Gasteiger partial charge in [0.15, 0.2) is 17.7 Å². The molecule has 12 heteroatoms. The van der Waals surface area contributed by atoms with Crippen molar-refractivity contribution in [2.75, 3.05) is 84.4 Å². The second kappa shape index (κ2) is 55.1. The molecule has 0 saturated carbocycles. The first-order valence-corrected chi connectivity index (χ1v) is 56.8. The predicted octanol–water partition coefficient (Wildman–Crippen LogP) is 26.2. The average molecular weight is 2860 g/mol. The van der Waals surface area contributed by atoms with E-state index in [9.17, 15) is 0 Å². The molecule has 2 atom stereocenters. The third-order valence-corrected chi connectivity index (χ3v) is 40.3. The van der Waals surface area contributed by atoms with Crippen molar-refractivity contribution < 1.29 is 134 Å². The average Bonchev–Trinajstić information content (AvgIpc) is 1.68. The van der Waals surface area contributed by atoms with Crippen LogP contribution in [0.15, 0.2) is 315 Å². The summed E-state index contributed by atoms with van der Waals surface area (Å²) in [6.45, 7) is 24.0. The van der Waals surface area contributed by atoms with E-state index in [1.54, 1.807) is 22.4 Å². The van der Waals surface area contributed by atoms with Gasteiger partial charge in [-0.1, -0.05) is 241 Å². The van der Waals surface area contributed by atoms with E-state index in [1.165, 1.54) is 139 Å². The second-order valence-corrected chi connectivity index (χ2v) is 50.8. The summed E-state index contributed by atoms with van der Waals surface area (Å²) in [7, 11) is -0.292. The van der Waals surface area contributed by atoms with Gasteiger partial charge >= 0.3 is 134 Å². The van der Waals surface area contributed by atoms with Crippen LogP contribution < -0.4 is 10.6 Å². The van der Waals surface area contributed by atoms with E-state index in [0.29, 0.717) is 0 Å². The van der Waals surface area contributed by atoms with Gasteiger partial charge in [0.05, 0.1) is 39.8 Å². The van der Waals surface area contributed by atoms with Crippen molar-refractivity contribution in [1.29, 1.82) is 0 Å². The molecule has 20 rings (SSSR count). The molecular weight excluding hydrogens is 2750 g/mol. The molecule has 0 aromatic heterocycles. The fourth-order valence-electron chi connectivity index (χ4n) is 16.8. The van der Waals surface area contributed by atoms with Crippen LogP contribution in [-0.4, -0.2) is 84.4 Å². The van der Waals surface area contributed by atoms with E-state index < -0.39 is 0 Å². The van der Waals surface area contributed by atoms with E-state index in [4.69, 9.17) is 38.5 Å². The van der Waals surface area contributed by atoms with Crippen LogP contribution in [0.25, 0.3) is 66.8 Å². The molecule has 6 aliphatic carbocycles. The Morgan fingerprint density at radius 1 is 0.181 bits per heavy atom. The van der Waals surface area contributed by atoms with Crippen LogP contribution in [0.5, 0.6) is 0 Å². The first-order valence-electron chi connectivity index (χ1n) is 41.6. The predicted molar refractivity (Wildman–Crippen MR) is 541 cm³/mol. The van der Waals surface area contributed by atoms with Gasteiger partial charge in [0.1, 0.15) is 0 Å². The van der Waals surface area contributed by atoms with Crippen molar-refractivity contribution in [3.63, 3.8) is 0 Å². The molecule has 0 N–H and O–H groups in total. The van der Waals surface area contributed by atoms with Crippen molar-refractivity contribution in [1.82, 2.24) is 0 Å². The molecule has 0 heterocycles. The van der Waals surface area contributed by atoms with Gasteiger partial charge in [-0.2, -0.15) is 0 Å². The Balaban J connectivity index is 0.000000221. The van der Waals surface area contributed by atoms with E-state index in [2.05, 4.69) is 369 Å². The quantitative estimate of drug-likeness (QED) is 0.0616. The van der Waals surface area contributed by atoms with Crippen molar-refractivity contribution in [3.8, 4) is 102 Å². The Morgan fingerprint density at radius 3 is 0.567 bits per heavy atom. The number of hydrogen-bond donors (Lipinski definition) is 0. The van der Waals surface area contributed by atoms with Crippen molar-refractivity contribution in [3.05, 3.63) is 454 Å². The van der Waals surface area contributed by atoms with Crippen LogP contribution in [0, 0.1) is 74.1 Å². The Hall–Kier alpha value is -6.54. The van der Waals surface area contributed by atoms with E-state index in [-0.39, 0.29) is 182 Å². The molecule has 0 fully saturated rings. The molecule has 0 radical (unpaired) electrons. The molecule has 127 heavy (non-hydrogen) atoms. The molecule has 14 aromatic rings. The number of benzene rings is 14. The minimum absolute atomic E-state index is 0. The molecule has 0 saturated heterocycles. The van der Waals surface area contributed by atoms with Gasteiger partial charge in [0.2, 0.25) is 0 Å². The standard InChI is InChI=1S/C15H18P2.6C15H9.2C5H14P2.6Au/c1-16(14-9-5-3-6-10-14)13-17(2)15-11-7-4-8-12-15;4*1-2-11-7-8-15-13(9-11)10-12-5-3-4-6-14(12)15;2*1-2-11-7-8-13-10-12-5-3-4-6-14(12)15(13)9-11;2*1-6(2)5-7(3)4;;;;;;/h3-12H,13H2,1-2H3;6*3-9H,10H2;2*5H2,1-4H3;;;;;;/q;6*-1;;;6*+1/p+6. The molecule has 2 unspecified atom stereocenters. The van der Waals surface area contributed by atoms with Crippen LogP contribution in [-0.2, 0) is 173 Å². The molecule has 0 amide bonds. The molecule has 0 bridgehead atoms. The molecule has 0 spiro atoms. The minimum Gasteiger partial charge on any atom is -0.366 e. The summed E-state index contributed by atoms with van der Waals surface area (Å²) >= 11 is 0. The first-order chi connectivity index (χ1) is 58.8. The van der Waals surface area contributed by atoms with Crippen molar-refractivity contribution in [2.45, 2.75) is 38.5 Å². The van der Waals surface area contributed by atoms with Gasteiger partial charge in [-0.05, 0) is 174 Å². The fourth-order valence-corrected chi connectivity index (χ4v) is 34.4. The maximum atomic E-state index is 7.14. The summed E-state index contributed by atoms with van der Waals surface area (Å²) in [6.07, 6.45) is 48.7. The molecule has 0 nitrogen and oxygen atoms in total. The minimum atomic E-state index is -0.368. The Morgan fingerprint density at radius 2 is 0.354 bits per heavy atom. The molecule has 0 aliphatic heterocycles. The molecule has 14 aromatic carbocycles. The van der Waals surface area contributed by atoms with Gasteiger partial charge in [-0.15, -0.1) is 106 Å². The van der Waals surface area contributed by atoms with Crippen LogP contribution in [0.2, 0.25) is 0 Å². The first kappa shape index (κ1) is 109. The van der Waals surface area contributed by atoms with Crippen LogP contribution in [0.1, 0.15) is 100 Å². The molecule has 656 valence electrons. The van der Waals surface area contributed by atoms with Gasteiger partial charge in [-0.25, -0.2) is 0 Å². The van der Waals surface area contributed by atoms with Crippen LogP contribution >= 0.6 is 47.5 Å². The number of fused-ring (bicyclic) bond motifs is 18. The SMILES string of the molecule is C[PH+](C)C[PH+](C)C.C[PH+](C)C[PH+](C)C.C[PH+](C[PH+](C)c1ccccc1)c1ccccc1.[Au+].[Au+].[Au+].[Au+].[Au+].[Au+].[C-]#Cc1ccc2c(c1)-c1ccccc1C2.[C-]#Cc1ccc2c(c1)-c1ccccc1C2.[C-]#Cc1ccc2c(c1)Cc1ccccc1-2.[C-]#Cc1ccc2c(c1)Cc1ccccc1-2.[C-]#Cc1ccc2c(c1)Cc1ccccc1-2.[C-]#Cc1ccc2c(c1)Cc1ccccc1-2. The van der Waals surface area contributed by atoms with Gasteiger partial charge in [-0.3, -0.25) is 35.5 Å². The summed E-state index contributed by atoms with van der Waals surface area (Å²) in [6, 6.07) is 109. The van der Waals surface area contributed by atoms with E-state index in [0.717, 1.165) is 71.9 Å². The molecular formula is C115H106Au6P6+6. The van der Waals surface area contributed by atoms with Gasteiger partial charge < -0.3 is 38.5 Å². The summed E-state index contributed by atoms with van der Waals surface area (Å²) in [5, 5.41) is 3.13. The zero-order valence-corrected chi connectivity index (χ0v) is 92.2. The maximum Gasteiger partial charge on any atom is 1.00 e. The van der Waals surface area contributed by atoms with Crippen molar-refractivity contribution >= 4 is 58.1 Å². The monoisotopic (exact) mass is 2850 g/mol. The zero-order valence-electron chi connectivity index (χ0n) is 73.2. The Bertz CT molecular complexity index is 5640. The largest absolute Gasteiger partial charge is 1.00 e.